The largest absolute Gasteiger partial charge is 0.481 e. The van der Waals surface area contributed by atoms with E-state index >= 15 is 0 Å². The van der Waals surface area contributed by atoms with Gasteiger partial charge in [-0.25, -0.2) is 0 Å². The summed E-state index contributed by atoms with van der Waals surface area (Å²) < 4.78 is 5.60. The number of hydrogen-bond donors (Lipinski definition) is 2. The summed E-state index contributed by atoms with van der Waals surface area (Å²) in [4.78, 5) is 10.4. The van der Waals surface area contributed by atoms with Crippen molar-refractivity contribution in [2.24, 2.45) is 0 Å². The van der Waals surface area contributed by atoms with Crippen LogP contribution in [0.5, 0.6) is 5.75 Å². The number of rotatable bonds is 8. The number of benzene rings is 2. The number of nitrogens with one attached hydrogen (secondary N) is 1. The van der Waals surface area contributed by atoms with Crippen molar-refractivity contribution in [2.75, 3.05) is 19.7 Å². The highest BCUT2D eigenvalue weighted by atomic mass is 16.5. The first kappa shape index (κ1) is 17.6. The summed E-state index contributed by atoms with van der Waals surface area (Å²) in [6.07, 6.45) is 1.00. The maximum Gasteiger partial charge on any atom is 0.304 e. The Kier molecular flexibility index (Phi) is 7.39. The molecule has 0 saturated heterocycles. The molecule has 2 N–H and O–H groups in total. The summed E-state index contributed by atoms with van der Waals surface area (Å²) in [5.74, 6) is 6.05. The minimum atomic E-state index is -0.778. The van der Waals surface area contributed by atoms with E-state index in [1.165, 1.54) is 5.56 Å². The quantitative estimate of drug-likeness (QED) is 0.579. The average molecular weight is 323 g/mol. The van der Waals surface area contributed by atoms with E-state index in [1.54, 1.807) is 0 Å². The second-order valence-corrected chi connectivity index (χ2v) is 5.24. The molecule has 0 atom stereocenters. The molecule has 0 spiro atoms. The molecule has 4 nitrogen and oxygen atoms in total. The first-order valence-corrected chi connectivity index (χ1v) is 7.92. The van der Waals surface area contributed by atoms with Crippen LogP contribution in [0.15, 0.2) is 54.6 Å². The topological polar surface area (TPSA) is 58.6 Å². The first-order valence-electron chi connectivity index (χ1n) is 7.92. The second-order valence-electron chi connectivity index (χ2n) is 5.24. The van der Waals surface area contributed by atoms with Crippen LogP contribution < -0.4 is 10.1 Å². The van der Waals surface area contributed by atoms with Gasteiger partial charge < -0.3 is 15.2 Å². The van der Waals surface area contributed by atoms with Crippen LogP contribution in [0.4, 0.5) is 0 Å². The van der Waals surface area contributed by atoms with E-state index < -0.39 is 5.97 Å². The Labute approximate surface area is 142 Å². The fourth-order valence-electron chi connectivity index (χ4n) is 2.08. The van der Waals surface area contributed by atoms with Crippen LogP contribution in [-0.2, 0) is 11.2 Å². The maximum absolute atomic E-state index is 10.4. The molecule has 0 aliphatic carbocycles. The Balaban J connectivity index is 1.68. The van der Waals surface area contributed by atoms with Crippen LogP contribution >= 0.6 is 0 Å². The lowest BCUT2D eigenvalue weighted by atomic mass is 10.1. The van der Waals surface area contributed by atoms with Gasteiger partial charge in [0.1, 0.15) is 12.4 Å². The van der Waals surface area contributed by atoms with Crippen LogP contribution in [0.2, 0.25) is 0 Å². The van der Waals surface area contributed by atoms with Gasteiger partial charge in [-0.05, 0) is 42.8 Å². The molecule has 0 amide bonds. The molecule has 0 aromatic heterocycles. The lowest BCUT2D eigenvalue weighted by molar-refractivity contribution is -0.136. The molecule has 24 heavy (non-hydrogen) atoms. The molecule has 0 fully saturated rings. The van der Waals surface area contributed by atoms with Crippen LogP contribution in [-0.4, -0.2) is 30.8 Å². The van der Waals surface area contributed by atoms with E-state index in [-0.39, 0.29) is 6.42 Å². The number of ether oxygens (including phenoxy) is 1. The molecule has 0 aliphatic rings. The minimum Gasteiger partial charge on any atom is -0.481 e. The summed E-state index contributed by atoms with van der Waals surface area (Å²) >= 11 is 0. The van der Waals surface area contributed by atoms with Crippen molar-refractivity contribution in [1.29, 1.82) is 0 Å². The molecule has 0 radical (unpaired) electrons. The minimum absolute atomic E-state index is 0.150. The van der Waals surface area contributed by atoms with Gasteiger partial charge in [-0.1, -0.05) is 42.2 Å². The third kappa shape index (κ3) is 6.99. The zero-order chi connectivity index (χ0) is 17.0. The van der Waals surface area contributed by atoms with E-state index in [0.29, 0.717) is 13.2 Å². The van der Waals surface area contributed by atoms with Crippen molar-refractivity contribution in [3.8, 4) is 17.6 Å². The van der Waals surface area contributed by atoms with Crippen molar-refractivity contribution in [1.82, 2.24) is 5.32 Å². The zero-order valence-corrected chi connectivity index (χ0v) is 13.5. The third-order valence-electron chi connectivity index (χ3n) is 3.35. The summed E-state index contributed by atoms with van der Waals surface area (Å²) in [5, 5.41) is 11.7. The molecule has 2 rings (SSSR count). The summed E-state index contributed by atoms with van der Waals surface area (Å²) in [6.45, 7) is 1.61. The smallest absolute Gasteiger partial charge is 0.304 e. The normalized spacial score (nSPS) is 9.83. The number of carboxylic acid groups (broad SMARTS) is 1. The number of aliphatic carboxylic acids is 1. The van der Waals surface area contributed by atoms with E-state index in [1.807, 2.05) is 54.6 Å². The molecule has 124 valence electrons. The second kappa shape index (κ2) is 10.1. The van der Waals surface area contributed by atoms with Crippen molar-refractivity contribution in [3.05, 3.63) is 65.7 Å². The Morgan fingerprint density at radius 1 is 1.04 bits per heavy atom. The van der Waals surface area contributed by atoms with Crippen molar-refractivity contribution < 1.29 is 14.6 Å². The molecule has 0 saturated carbocycles. The van der Waals surface area contributed by atoms with Crippen molar-refractivity contribution in [3.63, 3.8) is 0 Å². The van der Waals surface area contributed by atoms with Crippen LogP contribution in [0, 0.1) is 11.8 Å². The Bertz CT molecular complexity index is 684. The predicted molar refractivity (Wildman–Crippen MR) is 94.1 cm³/mol. The fraction of sp³-hybridized carbons (Fsp3) is 0.250. The van der Waals surface area contributed by atoms with Gasteiger partial charge in [0, 0.05) is 12.1 Å². The van der Waals surface area contributed by atoms with Crippen molar-refractivity contribution >= 4 is 5.97 Å². The number of carboxylic acids is 1. The lowest BCUT2D eigenvalue weighted by Gasteiger charge is -2.05. The van der Waals surface area contributed by atoms with Gasteiger partial charge in [0.2, 0.25) is 0 Å². The van der Waals surface area contributed by atoms with Crippen molar-refractivity contribution in [2.45, 2.75) is 12.8 Å². The monoisotopic (exact) mass is 323 g/mol. The molecule has 2 aromatic carbocycles. The standard InChI is InChI=1S/C20H21NO3/c22-20(23)13-15-21-14-12-18-8-10-19(11-9-18)24-16-4-7-17-5-2-1-3-6-17/h1-3,5-6,8-11,21H,12-16H2,(H,22,23). The Morgan fingerprint density at radius 2 is 1.79 bits per heavy atom. The van der Waals surface area contributed by atoms with E-state index in [9.17, 15) is 4.79 Å². The van der Waals surface area contributed by atoms with Gasteiger partial charge >= 0.3 is 5.97 Å². The average Bonchev–Trinajstić information content (AvgIpc) is 2.60. The van der Waals surface area contributed by atoms with E-state index in [0.717, 1.165) is 24.3 Å². The first-order chi connectivity index (χ1) is 11.7. The maximum atomic E-state index is 10.4. The Hall–Kier alpha value is -2.77. The molecule has 2 aromatic rings. The molecule has 4 heteroatoms. The van der Waals surface area contributed by atoms with Gasteiger partial charge in [-0.15, -0.1) is 0 Å². The highest BCUT2D eigenvalue weighted by Crippen LogP contribution is 2.12. The Morgan fingerprint density at radius 3 is 2.50 bits per heavy atom. The lowest BCUT2D eigenvalue weighted by Crippen LogP contribution is -2.20. The SMILES string of the molecule is O=C(O)CCNCCc1ccc(OCC#Cc2ccccc2)cc1. The number of hydrogen-bond acceptors (Lipinski definition) is 3. The van der Waals surface area contributed by atoms with E-state index in [2.05, 4.69) is 17.2 Å². The number of carbonyl (C=O) groups is 1. The molecular weight excluding hydrogens is 302 g/mol. The molecule has 0 heterocycles. The van der Waals surface area contributed by atoms with Gasteiger partial charge in [0.25, 0.3) is 0 Å². The highest BCUT2D eigenvalue weighted by molar-refractivity contribution is 5.66. The van der Waals surface area contributed by atoms with Gasteiger partial charge in [-0.2, -0.15) is 0 Å². The summed E-state index contributed by atoms with van der Waals surface area (Å²) in [6, 6.07) is 17.7. The summed E-state index contributed by atoms with van der Waals surface area (Å²) in [5.41, 5.74) is 2.16. The fourth-order valence-corrected chi connectivity index (χ4v) is 2.08. The van der Waals surface area contributed by atoms with Crippen LogP contribution in [0.1, 0.15) is 17.5 Å². The predicted octanol–water partition coefficient (Wildman–Crippen LogP) is 2.72. The molecule has 0 unspecified atom stereocenters. The zero-order valence-electron chi connectivity index (χ0n) is 13.5. The van der Waals surface area contributed by atoms with Gasteiger partial charge in [-0.3, -0.25) is 4.79 Å². The van der Waals surface area contributed by atoms with Gasteiger partial charge in [0.05, 0.1) is 6.42 Å². The van der Waals surface area contributed by atoms with Crippen LogP contribution in [0.25, 0.3) is 0 Å². The highest BCUT2D eigenvalue weighted by Gasteiger charge is 1.97. The summed E-state index contributed by atoms with van der Waals surface area (Å²) in [7, 11) is 0. The molecule has 0 bridgehead atoms. The van der Waals surface area contributed by atoms with Crippen LogP contribution in [0.3, 0.4) is 0 Å². The molecule has 0 aliphatic heterocycles. The third-order valence-corrected chi connectivity index (χ3v) is 3.35. The van der Waals surface area contributed by atoms with E-state index in [4.69, 9.17) is 9.84 Å². The molecular formula is C20H21NO3. The van der Waals surface area contributed by atoms with Gasteiger partial charge in [0.15, 0.2) is 0 Å².